The van der Waals surface area contributed by atoms with E-state index in [0.29, 0.717) is 21.1 Å². The summed E-state index contributed by atoms with van der Waals surface area (Å²) in [6.45, 7) is 1.40. The van der Waals surface area contributed by atoms with E-state index in [4.69, 9.17) is 5.11 Å². The third-order valence-corrected chi connectivity index (χ3v) is 5.82. The Kier molecular flexibility index (Phi) is 3.99. The van der Waals surface area contributed by atoms with Gasteiger partial charge in [-0.05, 0) is 37.3 Å². The van der Waals surface area contributed by atoms with E-state index >= 15 is 0 Å². The number of benzene rings is 1. The van der Waals surface area contributed by atoms with Crippen LogP contribution in [0.5, 0.6) is 0 Å². The molecule has 6 nitrogen and oxygen atoms in total. The summed E-state index contributed by atoms with van der Waals surface area (Å²) in [5, 5.41) is 14.2. The second-order valence-electron chi connectivity index (χ2n) is 6.55. The smallest absolute Gasteiger partial charge is 0.343 e. The Balaban J connectivity index is 1.68. The van der Waals surface area contributed by atoms with Crippen LogP contribution < -0.4 is 0 Å². The Bertz CT molecular complexity index is 1060. The van der Waals surface area contributed by atoms with Gasteiger partial charge in [0.25, 0.3) is 5.91 Å². The van der Waals surface area contributed by atoms with Crippen molar-refractivity contribution in [2.75, 3.05) is 13.1 Å². The number of aromatic nitrogens is 2. The number of carboxylic acid groups (broad SMARTS) is 1. The molecule has 9 heteroatoms. The van der Waals surface area contributed by atoms with Crippen molar-refractivity contribution >= 4 is 33.4 Å². The van der Waals surface area contributed by atoms with Crippen LogP contribution in [0.25, 0.3) is 15.9 Å². The molecule has 1 saturated heterocycles. The number of carbonyl (C=O) groups excluding carboxylic acids is 1. The Labute approximate surface area is 156 Å². The molecule has 3 heterocycles. The van der Waals surface area contributed by atoms with E-state index in [2.05, 4.69) is 5.10 Å². The summed E-state index contributed by atoms with van der Waals surface area (Å²) in [6, 6.07) is 7.52. The van der Waals surface area contributed by atoms with Gasteiger partial charge in [0.15, 0.2) is 0 Å². The minimum Gasteiger partial charge on any atom is -0.479 e. The number of carbonyl (C=O) groups is 2. The van der Waals surface area contributed by atoms with Crippen LogP contribution in [0.2, 0.25) is 0 Å². The molecule has 0 radical (unpaired) electrons. The molecule has 27 heavy (non-hydrogen) atoms. The second kappa shape index (κ2) is 6.12. The standard InChI is InChI=1S/C18H15F2N3O3S/c1-10-13-8-14(15(24)22-7-6-18(20,9-22)17(25)26)27-16(13)23(21-10)12-4-2-11(19)3-5-12/h2-5,8H,6-7,9H2,1H3,(H,25,26). The lowest BCUT2D eigenvalue weighted by molar-refractivity contribution is -0.149. The van der Waals surface area contributed by atoms with Gasteiger partial charge in [-0.3, -0.25) is 4.79 Å². The van der Waals surface area contributed by atoms with E-state index in [1.807, 2.05) is 0 Å². The lowest BCUT2D eigenvalue weighted by atomic mass is 10.1. The molecule has 3 aromatic rings. The highest BCUT2D eigenvalue weighted by Crippen LogP contribution is 2.33. The Morgan fingerprint density at radius 2 is 2.00 bits per heavy atom. The minimum absolute atomic E-state index is 0.0545. The number of likely N-dealkylation sites (tertiary alicyclic amines) is 1. The molecule has 1 fully saturated rings. The zero-order valence-corrected chi connectivity index (χ0v) is 15.1. The summed E-state index contributed by atoms with van der Waals surface area (Å²) in [4.78, 5) is 26.1. The van der Waals surface area contributed by atoms with Gasteiger partial charge in [0.05, 0.1) is 22.8 Å². The van der Waals surface area contributed by atoms with Crippen LogP contribution in [0, 0.1) is 12.7 Å². The van der Waals surface area contributed by atoms with Crippen LogP contribution in [0.15, 0.2) is 30.3 Å². The molecule has 1 aromatic carbocycles. The van der Waals surface area contributed by atoms with Crippen molar-refractivity contribution < 1.29 is 23.5 Å². The molecule has 2 aromatic heterocycles. The number of halogens is 2. The van der Waals surface area contributed by atoms with Crippen molar-refractivity contribution in [3.8, 4) is 5.69 Å². The number of aliphatic carboxylic acids is 1. The first-order chi connectivity index (χ1) is 12.8. The minimum atomic E-state index is -2.40. The molecule has 1 aliphatic rings. The lowest BCUT2D eigenvalue weighted by Crippen LogP contribution is -2.38. The highest BCUT2D eigenvalue weighted by atomic mass is 32.1. The van der Waals surface area contributed by atoms with E-state index < -0.39 is 24.1 Å². The highest BCUT2D eigenvalue weighted by molar-refractivity contribution is 7.20. The van der Waals surface area contributed by atoms with Crippen molar-refractivity contribution in [3.63, 3.8) is 0 Å². The second-order valence-corrected chi connectivity index (χ2v) is 7.58. The van der Waals surface area contributed by atoms with Gasteiger partial charge in [0, 0.05) is 18.4 Å². The summed E-state index contributed by atoms with van der Waals surface area (Å²) in [5.41, 5.74) is -1.03. The Morgan fingerprint density at radius 3 is 2.63 bits per heavy atom. The van der Waals surface area contributed by atoms with E-state index in [0.717, 1.165) is 5.39 Å². The normalized spacial score (nSPS) is 19.7. The van der Waals surface area contributed by atoms with Crippen LogP contribution in [-0.4, -0.2) is 50.4 Å². The molecule has 140 valence electrons. The summed E-state index contributed by atoms with van der Waals surface area (Å²) >= 11 is 1.19. The molecule has 4 rings (SSSR count). The maximum atomic E-state index is 14.3. The van der Waals surface area contributed by atoms with E-state index in [-0.39, 0.29) is 18.8 Å². The fourth-order valence-corrected chi connectivity index (χ4v) is 4.34. The zero-order chi connectivity index (χ0) is 19.3. The van der Waals surface area contributed by atoms with Gasteiger partial charge in [-0.25, -0.2) is 18.3 Å². The quantitative estimate of drug-likeness (QED) is 0.744. The average molecular weight is 391 g/mol. The maximum Gasteiger partial charge on any atom is 0.343 e. The van der Waals surface area contributed by atoms with Crippen molar-refractivity contribution in [1.82, 2.24) is 14.7 Å². The predicted octanol–water partition coefficient (Wildman–Crippen LogP) is 3.17. The summed E-state index contributed by atoms with van der Waals surface area (Å²) in [6.07, 6.45) is -0.221. The van der Waals surface area contributed by atoms with Crippen molar-refractivity contribution in [2.24, 2.45) is 0 Å². The number of aryl methyl sites for hydroxylation is 1. The number of alkyl halides is 1. The molecule has 1 atom stereocenters. The number of hydrogen-bond acceptors (Lipinski definition) is 4. The molecular formula is C18H15F2N3O3S. The number of hydrogen-bond donors (Lipinski definition) is 1. The van der Waals surface area contributed by atoms with E-state index in [1.165, 1.54) is 28.4 Å². The van der Waals surface area contributed by atoms with Crippen LogP contribution in [0.1, 0.15) is 21.8 Å². The Hall–Kier alpha value is -2.81. The van der Waals surface area contributed by atoms with Gasteiger partial charge in [0.1, 0.15) is 10.6 Å². The molecule has 1 aliphatic heterocycles. The zero-order valence-electron chi connectivity index (χ0n) is 14.3. The molecule has 1 amide bonds. The summed E-state index contributed by atoms with van der Waals surface area (Å²) < 4.78 is 29.1. The fourth-order valence-electron chi connectivity index (χ4n) is 3.19. The fraction of sp³-hybridized carbons (Fsp3) is 0.278. The number of fused-ring (bicyclic) bond motifs is 1. The molecule has 0 spiro atoms. The first-order valence-electron chi connectivity index (χ1n) is 8.25. The molecule has 0 bridgehead atoms. The first kappa shape index (κ1) is 17.6. The van der Waals surface area contributed by atoms with Crippen molar-refractivity contribution in [3.05, 3.63) is 46.7 Å². The van der Waals surface area contributed by atoms with Crippen molar-refractivity contribution in [2.45, 2.75) is 19.0 Å². The van der Waals surface area contributed by atoms with Gasteiger partial charge >= 0.3 is 5.97 Å². The molecule has 1 N–H and O–H groups in total. The van der Waals surface area contributed by atoms with Crippen LogP contribution in [0.4, 0.5) is 8.78 Å². The van der Waals surface area contributed by atoms with Crippen molar-refractivity contribution in [1.29, 1.82) is 0 Å². The number of carboxylic acids is 1. The average Bonchev–Trinajstić information content (AvgIpc) is 3.31. The van der Waals surface area contributed by atoms with E-state index in [9.17, 15) is 18.4 Å². The highest BCUT2D eigenvalue weighted by Gasteiger charge is 2.47. The van der Waals surface area contributed by atoms with Gasteiger partial charge in [-0.15, -0.1) is 11.3 Å². The predicted molar refractivity (Wildman–Crippen MR) is 95.6 cm³/mol. The largest absolute Gasteiger partial charge is 0.479 e. The molecule has 0 aliphatic carbocycles. The SMILES string of the molecule is Cc1nn(-c2ccc(F)cc2)c2sc(C(=O)N3CCC(F)(C(=O)O)C3)cc12. The van der Waals surface area contributed by atoms with Crippen LogP contribution >= 0.6 is 11.3 Å². The van der Waals surface area contributed by atoms with Gasteiger partial charge in [0.2, 0.25) is 5.67 Å². The maximum absolute atomic E-state index is 14.3. The monoisotopic (exact) mass is 391 g/mol. The molecule has 0 saturated carbocycles. The third-order valence-electron chi connectivity index (χ3n) is 4.72. The third kappa shape index (κ3) is 2.87. The lowest BCUT2D eigenvalue weighted by Gasteiger charge is -2.16. The summed E-state index contributed by atoms with van der Waals surface area (Å²) in [7, 11) is 0. The summed E-state index contributed by atoms with van der Waals surface area (Å²) in [5.74, 6) is -2.30. The van der Waals surface area contributed by atoms with Gasteiger partial charge in [-0.1, -0.05) is 0 Å². The van der Waals surface area contributed by atoms with Gasteiger partial charge in [-0.2, -0.15) is 5.10 Å². The topological polar surface area (TPSA) is 75.4 Å². The van der Waals surface area contributed by atoms with Crippen LogP contribution in [0.3, 0.4) is 0 Å². The van der Waals surface area contributed by atoms with E-state index in [1.54, 1.807) is 29.8 Å². The Morgan fingerprint density at radius 1 is 1.30 bits per heavy atom. The van der Waals surface area contributed by atoms with Crippen LogP contribution in [-0.2, 0) is 4.79 Å². The number of thiophene rings is 1. The number of nitrogens with zero attached hydrogens (tertiary/aromatic N) is 3. The van der Waals surface area contributed by atoms with Gasteiger partial charge < -0.3 is 10.0 Å². The molecular weight excluding hydrogens is 376 g/mol. The first-order valence-corrected chi connectivity index (χ1v) is 9.07. The number of rotatable bonds is 3. The number of amides is 1. The molecule has 1 unspecified atom stereocenters.